The first-order valence-corrected chi connectivity index (χ1v) is 6.81. The molecule has 1 fully saturated rings. The van der Waals surface area contributed by atoms with Crippen LogP contribution >= 0.6 is 11.8 Å². The lowest BCUT2D eigenvalue weighted by Gasteiger charge is -2.26. The standard InChI is InChI=1S/C14H18OS/c1-10-6-8-12(9-7-10)16-14-11(2)4-3-5-13(14)15/h6-9,11,14H,3-5H2,1-2H3. The van der Waals surface area contributed by atoms with Crippen LogP contribution in [0.15, 0.2) is 29.2 Å². The maximum atomic E-state index is 11.9. The Morgan fingerprint density at radius 2 is 1.94 bits per heavy atom. The highest BCUT2D eigenvalue weighted by Gasteiger charge is 2.29. The zero-order valence-corrected chi connectivity index (χ0v) is 10.7. The van der Waals surface area contributed by atoms with Crippen molar-refractivity contribution < 1.29 is 4.79 Å². The number of carbonyl (C=O) groups is 1. The number of hydrogen-bond donors (Lipinski definition) is 0. The van der Waals surface area contributed by atoms with E-state index in [0.717, 1.165) is 12.8 Å². The van der Waals surface area contributed by atoms with Crippen LogP contribution in [0.2, 0.25) is 0 Å². The van der Waals surface area contributed by atoms with Crippen LogP contribution in [0.1, 0.15) is 31.7 Å². The molecule has 1 aliphatic rings. The van der Waals surface area contributed by atoms with Gasteiger partial charge in [-0.15, -0.1) is 11.8 Å². The highest BCUT2D eigenvalue weighted by Crippen LogP contribution is 2.35. The lowest BCUT2D eigenvalue weighted by Crippen LogP contribution is -2.29. The summed E-state index contributed by atoms with van der Waals surface area (Å²) >= 11 is 1.74. The van der Waals surface area contributed by atoms with E-state index < -0.39 is 0 Å². The molecular weight excluding hydrogens is 216 g/mol. The van der Waals surface area contributed by atoms with Gasteiger partial charge in [-0.05, 0) is 37.8 Å². The summed E-state index contributed by atoms with van der Waals surface area (Å²) in [4.78, 5) is 13.1. The summed E-state index contributed by atoms with van der Waals surface area (Å²) in [7, 11) is 0. The molecule has 1 saturated carbocycles. The predicted molar refractivity (Wildman–Crippen MR) is 68.8 cm³/mol. The molecule has 2 atom stereocenters. The fourth-order valence-electron chi connectivity index (χ4n) is 2.15. The summed E-state index contributed by atoms with van der Waals surface area (Å²) in [6.45, 7) is 4.28. The molecule has 16 heavy (non-hydrogen) atoms. The van der Waals surface area contributed by atoms with Crippen LogP contribution in [0.5, 0.6) is 0 Å². The van der Waals surface area contributed by atoms with Gasteiger partial charge in [0.05, 0.1) is 5.25 Å². The van der Waals surface area contributed by atoms with Crippen molar-refractivity contribution >= 4 is 17.5 Å². The molecule has 1 aromatic rings. The van der Waals surface area contributed by atoms with Gasteiger partial charge in [0.25, 0.3) is 0 Å². The molecule has 86 valence electrons. The largest absolute Gasteiger partial charge is 0.298 e. The van der Waals surface area contributed by atoms with Crippen LogP contribution in [0.3, 0.4) is 0 Å². The summed E-state index contributed by atoms with van der Waals surface area (Å²) in [6.07, 6.45) is 3.04. The Morgan fingerprint density at radius 3 is 2.56 bits per heavy atom. The average molecular weight is 234 g/mol. The third-order valence-corrected chi connectivity index (χ3v) is 4.73. The van der Waals surface area contributed by atoms with Gasteiger partial charge < -0.3 is 0 Å². The van der Waals surface area contributed by atoms with Gasteiger partial charge in [-0.25, -0.2) is 0 Å². The van der Waals surface area contributed by atoms with Crippen molar-refractivity contribution in [3.8, 4) is 0 Å². The smallest absolute Gasteiger partial charge is 0.146 e. The Labute approximate surface area is 102 Å². The first-order chi connectivity index (χ1) is 7.66. The number of rotatable bonds is 2. The Balaban J connectivity index is 2.07. The molecule has 0 radical (unpaired) electrons. The number of Topliss-reactive ketones (excluding diaryl/α,β-unsaturated/α-hetero) is 1. The molecule has 0 aromatic heterocycles. The van der Waals surface area contributed by atoms with Crippen LogP contribution in [0, 0.1) is 12.8 Å². The minimum atomic E-state index is 0.177. The lowest BCUT2D eigenvalue weighted by molar-refractivity contribution is -0.120. The van der Waals surface area contributed by atoms with E-state index in [-0.39, 0.29) is 5.25 Å². The summed E-state index contributed by atoms with van der Waals surface area (Å²) in [5, 5.41) is 0.177. The van der Waals surface area contributed by atoms with Crippen molar-refractivity contribution in [3.05, 3.63) is 29.8 Å². The molecule has 0 aliphatic heterocycles. The first kappa shape index (κ1) is 11.7. The van der Waals surface area contributed by atoms with Gasteiger partial charge in [0.2, 0.25) is 0 Å². The second-order valence-electron chi connectivity index (χ2n) is 4.69. The highest BCUT2D eigenvalue weighted by atomic mass is 32.2. The number of hydrogen-bond acceptors (Lipinski definition) is 2. The van der Waals surface area contributed by atoms with Crippen LogP contribution in [0.25, 0.3) is 0 Å². The van der Waals surface area contributed by atoms with E-state index in [1.165, 1.54) is 16.9 Å². The molecule has 0 amide bonds. The normalized spacial score (nSPS) is 25.8. The van der Waals surface area contributed by atoms with Gasteiger partial charge in [-0.1, -0.05) is 24.6 Å². The molecule has 2 heteroatoms. The molecule has 1 aliphatic carbocycles. The quantitative estimate of drug-likeness (QED) is 0.773. The van der Waals surface area contributed by atoms with Crippen LogP contribution in [-0.2, 0) is 4.79 Å². The van der Waals surface area contributed by atoms with Gasteiger partial charge in [-0.3, -0.25) is 4.79 Å². The third kappa shape index (κ3) is 2.67. The second kappa shape index (κ2) is 5.05. The highest BCUT2D eigenvalue weighted by molar-refractivity contribution is 8.00. The Morgan fingerprint density at radius 1 is 1.25 bits per heavy atom. The monoisotopic (exact) mass is 234 g/mol. The van der Waals surface area contributed by atoms with Crippen LogP contribution in [-0.4, -0.2) is 11.0 Å². The van der Waals surface area contributed by atoms with Crippen LogP contribution in [0.4, 0.5) is 0 Å². The van der Waals surface area contributed by atoms with Crippen molar-refractivity contribution in [3.63, 3.8) is 0 Å². The van der Waals surface area contributed by atoms with Gasteiger partial charge in [0.15, 0.2) is 0 Å². The number of aryl methyl sites for hydroxylation is 1. The molecule has 0 spiro atoms. The van der Waals surface area contributed by atoms with E-state index in [2.05, 4.69) is 38.1 Å². The number of carbonyl (C=O) groups excluding carboxylic acids is 1. The van der Waals surface area contributed by atoms with Gasteiger partial charge in [0, 0.05) is 11.3 Å². The Hall–Kier alpha value is -0.760. The van der Waals surface area contributed by atoms with Crippen molar-refractivity contribution in [1.29, 1.82) is 0 Å². The van der Waals surface area contributed by atoms with E-state index in [9.17, 15) is 4.79 Å². The zero-order chi connectivity index (χ0) is 11.5. The van der Waals surface area contributed by atoms with Gasteiger partial charge in [0.1, 0.15) is 5.78 Å². The minimum absolute atomic E-state index is 0.177. The van der Waals surface area contributed by atoms with Crippen molar-refractivity contribution in [1.82, 2.24) is 0 Å². The van der Waals surface area contributed by atoms with Gasteiger partial charge in [-0.2, -0.15) is 0 Å². The van der Waals surface area contributed by atoms with E-state index in [1.54, 1.807) is 11.8 Å². The number of benzene rings is 1. The Bertz CT molecular complexity index is 369. The molecule has 1 aromatic carbocycles. The zero-order valence-electron chi connectivity index (χ0n) is 9.90. The lowest BCUT2D eigenvalue weighted by atomic mass is 9.89. The van der Waals surface area contributed by atoms with E-state index in [1.807, 2.05) is 0 Å². The summed E-state index contributed by atoms with van der Waals surface area (Å²) in [5.74, 6) is 0.955. The molecule has 1 nitrogen and oxygen atoms in total. The molecule has 2 unspecified atom stereocenters. The molecule has 2 rings (SSSR count). The summed E-state index contributed by atoms with van der Waals surface area (Å²) < 4.78 is 0. The van der Waals surface area contributed by atoms with Crippen LogP contribution < -0.4 is 0 Å². The molecular formula is C14H18OS. The van der Waals surface area contributed by atoms with Gasteiger partial charge >= 0.3 is 0 Å². The Kier molecular flexibility index (Phi) is 3.70. The summed E-state index contributed by atoms with van der Waals surface area (Å²) in [5.41, 5.74) is 1.27. The SMILES string of the molecule is Cc1ccc(SC2C(=O)CCCC2C)cc1. The minimum Gasteiger partial charge on any atom is -0.298 e. The number of thioether (sulfide) groups is 1. The third-order valence-electron chi connectivity index (χ3n) is 3.20. The van der Waals surface area contributed by atoms with E-state index in [4.69, 9.17) is 0 Å². The summed E-state index contributed by atoms with van der Waals surface area (Å²) in [6, 6.07) is 8.46. The predicted octanol–water partition coefficient (Wildman–Crippen LogP) is 3.84. The molecule has 0 heterocycles. The topological polar surface area (TPSA) is 17.1 Å². The molecule has 0 saturated heterocycles. The maximum absolute atomic E-state index is 11.9. The van der Waals surface area contributed by atoms with E-state index >= 15 is 0 Å². The number of ketones is 1. The molecule has 0 N–H and O–H groups in total. The second-order valence-corrected chi connectivity index (χ2v) is 5.90. The van der Waals surface area contributed by atoms with Crippen molar-refractivity contribution in [2.45, 2.75) is 43.3 Å². The van der Waals surface area contributed by atoms with E-state index in [0.29, 0.717) is 11.7 Å². The maximum Gasteiger partial charge on any atom is 0.146 e. The van der Waals surface area contributed by atoms with Crippen molar-refractivity contribution in [2.24, 2.45) is 5.92 Å². The first-order valence-electron chi connectivity index (χ1n) is 5.93. The van der Waals surface area contributed by atoms with Crippen molar-refractivity contribution in [2.75, 3.05) is 0 Å². The fraction of sp³-hybridized carbons (Fsp3) is 0.500. The average Bonchev–Trinajstić information content (AvgIpc) is 2.26. The fourth-order valence-corrected chi connectivity index (χ4v) is 3.36. The molecule has 0 bridgehead atoms.